The zero-order chi connectivity index (χ0) is 17.9. The van der Waals surface area contributed by atoms with Crippen LogP contribution in [0.4, 0.5) is 5.69 Å². The smallest absolute Gasteiger partial charge is 0.338 e. The highest BCUT2D eigenvalue weighted by molar-refractivity contribution is 6.44. The molecule has 0 saturated carbocycles. The van der Waals surface area contributed by atoms with Crippen molar-refractivity contribution in [2.24, 2.45) is 0 Å². The van der Waals surface area contributed by atoms with E-state index in [9.17, 15) is 9.59 Å². The van der Waals surface area contributed by atoms with Gasteiger partial charge < -0.3 is 10.1 Å². The third-order valence-corrected chi connectivity index (χ3v) is 4.48. The Hall–Kier alpha value is -1.75. The van der Waals surface area contributed by atoms with Gasteiger partial charge in [0.05, 0.1) is 26.3 Å². The number of aryl methyl sites for hydroxylation is 1. The summed E-state index contributed by atoms with van der Waals surface area (Å²) < 4.78 is 5.04. The zero-order valence-electron chi connectivity index (χ0n) is 13.0. The van der Waals surface area contributed by atoms with E-state index in [1.165, 1.54) is 12.1 Å². The molecule has 0 aliphatic carbocycles. The Morgan fingerprint density at radius 1 is 1.04 bits per heavy atom. The topological polar surface area (TPSA) is 55.4 Å². The molecule has 0 unspecified atom stereocenters. The molecule has 0 aromatic heterocycles. The molecule has 0 radical (unpaired) electrons. The van der Waals surface area contributed by atoms with Gasteiger partial charge in [-0.3, -0.25) is 4.79 Å². The quantitative estimate of drug-likeness (QED) is 0.590. The number of amides is 1. The number of carbonyl (C=O) groups is 2. The van der Waals surface area contributed by atoms with Crippen LogP contribution in [0, 0.1) is 13.8 Å². The van der Waals surface area contributed by atoms with Crippen molar-refractivity contribution in [3.8, 4) is 0 Å². The van der Waals surface area contributed by atoms with Crippen LogP contribution in [0.2, 0.25) is 15.1 Å². The number of benzene rings is 2. The molecule has 0 saturated heterocycles. The van der Waals surface area contributed by atoms with E-state index in [0.717, 1.165) is 11.1 Å². The lowest BCUT2D eigenvalue weighted by Crippen LogP contribution is -2.21. The fourth-order valence-electron chi connectivity index (χ4n) is 1.99. The first-order valence-electron chi connectivity index (χ1n) is 6.97. The van der Waals surface area contributed by atoms with Gasteiger partial charge in [-0.05, 0) is 43.2 Å². The van der Waals surface area contributed by atoms with Crippen LogP contribution in [0.15, 0.2) is 30.3 Å². The summed E-state index contributed by atoms with van der Waals surface area (Å²) in [6.45, 7) is 3.27. The summed E-state index contributed by atoms with van der Waals surface area (Å²) in [5.74, 6) is -1.10. The molecule has 0 aliphatic rings. The number of ether oxygens (including phenoxy) is 1. The molecule has 24 heavy (non-hydrogen) atoms. The van der Waals surface area contributed by atoms with E-state index in [1.807, 2.05) is 19.9 Å². The van der Waals surface area contributed by atoms with Crippen LogP contribution < -0.4 is 5.32 Å². The molecule has 0 atom stereocenters. The zero-order valence-corrected chi connectivity index (χ0v) is 15.2. The first kappa shape index (κ1) is 18.6. The van der Waals surface area contributed by atoms with Gasteiger partial charge in [0.25, 0.3) is 5.91 Å². The molecule has 2 aromatic carbocycles. The Morgan fingerprint density at radius 2 is 1.71 bits per heavy atom. The predicted molar refractivity (Wildman–Crippen MR) is 96.3 cm³/mol. The largest absolute Gasteiger partial charge is 0.452 e. The number of esters is 1. The highest BCUT2D eigenvalue weighted by Crippen LogP contribution is 2.32. The van der Waals surface area contributed by atoms with Crippen molar-refractivity contribution in [1.29, 1.82) is 0 Å². The number of hydrogen-bond donors (Lipinski definition) is 1. The Balaban J connectivity index is 2.00. The van der Waals surface area contributed by atoms with Gasteiger partial charge in [0.15, 0.2) is 6.61 Å². The van der Waals surface area contributed by atoms with E-state index in [4.69, 9.17) is 39.5 Å². The molecule has 7 heteroatoms. The van der Waals surface area contributed by atoms with Crippen molar-refractivity contribution in [3.05, 3.63) is 62.1 Å². The number of carbonyl (C=O) groups excluding carboxylic acids is 2. The van der Waals surface area contributed by atoms with E-state index in [0.29, 0.717) is 11.3 Å². The molecule has 0 heterocycles. The lowest BCUT2D eigenvalue weighted by Gasteiger charge is -2.10. The summed E-state index contributed by atoms with van der Waals surface area (Å²) >= 11 is 17.7. The molecular weight excluding hydrogens is 373 g/mol. The number of anilines is 1. The summed E-state index contributed by atoms with van der Waals surface area (Å²) in [6, 6.07) is 8.15. The van der Waals surface area contributed by atoms with Gasteiger partial charge in [0.1, 0.15) is 0 Å². The molecule has 2 aromatic rings. The lowest BCUT2D eigenvalue weighted by atomic mass is 10.0. The maximum Gasteiger partial charge on any atom is 0.338 e. The number of rotatable bonds is 4. The molecule has 0 spiro atoms. The molecular formula is C17H14Cl3NO3. The molecule has 1 N–H and O–H groups in total. The van der Waals surface area contributed by atoms with Crippen molar-refractivity contribution < 1.29 is 14.3 Å². The van der Waals surface area contributed by atoms with E-state index in [1.54, 1.807) is 12.1 Å². The number of nitrogens with one attached hydrogen (secondary N) is 1. The Kier molecular flexibility index (Phi) is 6.10. The fraction of sp³-hybridized carbons (Fsp3) is 0.176. The molecule has 0 fully saturated rings. The van der Waals surface area contributed by atoms with Crippen molar-refractivity contribution in [3.63, 3.8) is 0 Å². The fourth-order valence-corrected chi connectivity index (χ4v) is 2.58. The SMILES string of the molecule is Cc1cccc(C(=O)OCC(=O)Nc2cc(Cl)c(Cl)cc2Cl)c1C. The number of hydrogen-bond acceptors (Lipinski definition) is 3. The van der Waals surface area contributed by atoms with Crippen LogP contribution >= 0.6 is 34.8 Å². The highest BCUT2D eigenvalue weighted by Gasteiger charge is 2.15. The summed E-state index contributed by atoms with van der Waals surface area (Å²) in [6.07, 6.45) is 0. The molecule has 126 valence electrons. The van der Waals surface area contributed by atoms with Crippen molar-refractivity contribution in [2.75, 3.05) is 11.9 Å². The lowest BCUT2D eigenvalue weighted by molar-refractivity contribution is -0.119. The minimum absolute atomic E-state index is 0.235. The van der Waals surface area contributed by atoms with Gasteiger partial charge in [0.2, 0.25) is 0 Å². The summed E-state index contributed by atoms with van der Waals surface area (Å²) in [7, 11) is 0. The Morgan fingerprint density at radius 3 is 2.42 bits per heavy atom. The third-order valence-electron chi connectivity index (χ3n) is 3.44. The van der Waals surface area contributed by atoms with E-state index < -0.39 is 18.5 Å². The maximum atomic E-state index is 12.1. The molecule has 4 nitrogen and oxygen atoms in total. The first-order chi connectivity index (χ1) is 11.3. The average molecular weight is 387 g/mol. The van der Waals surface area contributed by atoms with Gasteiger partial charge >= 0.3 is 5.97 Å². The van der Waals surface area contributed by atoms with Gasteiger partial charge in [-0.25, -0.2) is 4.79 Å². The van der Waals surface area contributed by atoms with Crippen LogP contribution in [-0.4, -0.2) is 18.5 Å². The molecule has 0 aliphatic heterocycles. The Labute approximate surface area is 154 Å². The van der Waals surface area contributed by atoms with Gasteiger partial charge in [-0.2, -0.15) is 0 Å². The summed E-state index contributed by atoms with van der Waals surface area (Å²) in [4.78, 5) is 24.0. The normalized spacial score (nSPS) is 10.4. The minimum atomic E-state index is -0.563. The van der Waals surface area contributed by atoms with E-state index in [-0.39, 0.29) is 15.1 Å². The van der Waals surface area contributed by atoms with Gasteiger partial charge in [-0.15, -0.1) is 0 Å². The predicted octanol–water partition coefficient (Wildman–Crippen LogP) is 5.06. The minimum Gasteiger partial charge on any atom is -0.452 e. The second kappa shape index (κ2) is 7.88. The number of halogens is 3. The van der Waals surface area contributed by atoms with Crippen LogP contribution in [0.25, 0.3) is 0 Å². The first-order valence-corrected chi connectivity index (χ1v) is 8.10. The van der Waals surface area contributed by atoms with Crippen LogP contribution in [0.3, 0.4) is 0 Å². The standard InChI is InChI=1S/C17H14Cl3NO3/c1-9-4-3-5-11(10(9)2)17(23)24-8-16(22)21-15-7-13(19)12(18)6-14(15)20/h3-7H,8H2,1-2H3,(H,21,22). The average Bonchev–Trinajstić information content (AvgIpc) is 2.53. The van der Waals surface area contributed by atoms with Crippen molar-refractivity contribution in [1.82, 2.24) is 0 Å². The molecule has 2 rings (SSSR count). The maximum absolute atomic E-state index is 12.1. The van der Waals surface area contributed by atoms with Crippen LogP contribution in [0.1, 0.15) is 21.5 Å². The monoisotopic (exact) mass is 385 g/mol. The van der Waals surface area contributed by atoms with Crippen LogP contribution in [0.5, 0.6) is 0 Å². The van der Waals surface area contributed by atoms with Crippen LogP contribution in [-0.2, 0) is 9.53 Å². The second-order valence-electron chi connectivity index (χ2n) is 5.12. The molecule has 1 amide bonds. The third kappa shape index (κ3) is 4.41. The Bertz CT molecular complexity index is 806. The van der Waals surface area contributed by atoms with Gasteiger partial charge in [0, 0.05) is 0 Å². The van der Waals surface area contributed by atoms with Crippen molar-refractivity contribution >= 4 is 52.4 Å². The highest BCUT2D eigenvalue weighted by atomic mass is 35.5. The second-order valence-corrected chi connectivity index (χ2v) is 6.34. The summed E-state index contributed by atoms with van der Waals surface area (Å²) in [5.41, 5.74) is 2.50. The van der Waals surface area contributed by atoms with Crippen molar-refractivity contribution in [2.45, 2.75) is 13.8 Å². The van der Waals surface area contributed by atoms with E-state index in [2.05, 4.69) is 5.32 Å². The molecule has 0 bridgehead atoms. The van der Waals surface area contributed by atoms with Gasteiger partial charge in [-0.1, -0.05) is 46.9 Å². The van der Waals surface area contributed by atoms with E-state index >= 15 is 0 Å². The summed E-state index contributed by atoms with van der Waals surface area (Å²) in [5, 5.41) is 3.29.